The Morgan fingerprint density at radius 2 is 2.21 bits per heavy atom. The van der Waals surface area contributed by atoms with Gasteiger partial charge < -0.3 is 0 Å². The van der Waals surface area contributed by atoms with Gasteiger partial charge in [0, 0.05) is 15.9 Å². The highest BCUT2D eigenvalue weighted by Gasteiger charge is 2.12. The van der Waals surface area contributed by atoms with Crippen LogP contribution in [0.15, 0.2) is 18.2 Å². The standard InChI is InChI=1S/C10H9Br2ClO/c1-6(12)10(14)7-2-3-9(13)8(4-7)5-11/h2-4,6H,5H2,1H3. The third-order valence-corrected chi connectivity index (χ3v) is 3.22. The van der Waals surface area contributed by atoms with Crippen LogP contribution in [0.25, 0.3) is 0 Å². The molecule has 1 atom stereocenters. The number of hydrogen-bond donors (Lipinski definition) is 0. The summed E-state index contributed by atoms with van der Waals surface area (Å²) < 4.78 is 0. The van der Waals surface area contributed by atoms with Crippen molar-refractivity contribution in [3.8, 4) is 0 Å². The summed E-state index contributed by atoms with van der Waals surface area (Å²) in [7, 11) is 0. The van der Waals surface area contributed by atoms with Gasteiger partial charge in [0.05, 0.1) is 4.83 Å². The molecule has 1 aromatic carbocycles. The third-order valence-electron chi connectivity index (χ3n) is 1.84. The first-order valence-electron chi connectivity index (χ1n) is 4.09. The van der Waals surface area contributed by atoms with Crippen LogP contribution in [-0.4, -0.2) is 10.6 Å². The zero-order chi connectivity index (χ0) is 10.7. The van der Waals surface area contributed by atoms with Crippen molar-refractivity contribution in [1.29, 1.82) is 0 Å². The lowest BCUT2D eigenvalue weighted by atomic mass is 10.1. The minimum atomic E-state index is -0.160. The van der Waals surface area contributed by atoms with Crippen molar-refractivity contribution in [3.05, 3.63) is 34.3 Å². The van der Waals surface area contributed by atoms with Gasteiger partial charge in [-0.05, 0) is 30.7 Å². The number of carbonyl (C=O) groups is 1. The molecule has 0 bridgehead atoms. The molecule has 14 heavy (non-hydrogen) atoms. The second-order valence-electron chi connectivity index (χ2n) is 2.92. The normalized spacial score (nSPS) is 12.6. The van der Waals surface area contributed by atoms with Crippen LogP contribution in [-0.2, 0) is 5.33 Å². The van der Waals surface area contributed by atoms with Crippen molar-refractivity contribution < 1.29 is 4.79 Å². The van der Waals surface area contributed by atoms with Gasteiger partial charge in [-0.15, -0.1) is 0 Å². The lowest BCUT2D eigenvalue weighted by molar-refractivity contribution is 0.0996. The van der Waals surface area contributed by atoms with Crippen LogP contribution < -0.4 is 0 Å². The van der Waals surface area contributed by atoms with Gasteiger partial charge in [0.1, 0.15) is 0 Å². The molecule has 0 spiro atoms. The quantitative estimate of drug-likeness (QED) is 0.595. The molecule has 1 nitrogen and oxygen atoms in total. The maximum atomic E-state index is 11.6. The Hall–Kier alpha value is 0.140. The van der Waals surface area contributed by atoms with E-state index in [9.17, 15) is 4.79 Å². The van der Waals surface area contributed by atoms with Crippen LogP contribution in [0.4, 0.5) is 0 Å². The molecule has 0 aliphatic heterocycles. The van der Waals surface area contributed by atoms with E-state index in [1.165, 1.54) is 0 Å². The minimum absolute atomic E-state index is 0.0730. The Bertz CT molecular complexity index is 350. The Labute approximate surface area is 105 Å². The molecule has 0 saturated heterocycles. The predicted octanol–water partition coefficient (Wildman–Crippen LogP) is 4.20. The molecule has 0 amide bonds. The zero-order valence-electron chi connectivity index (χ0n) is 7.56. The van der Waals surface area contributed by atoms with E-state index in [4.69, 9.17) is 11.6 Å². The highest BCUT2D eigenvalue weighted by Crippen LogP contribution is 2.21. The molecule has 0 aliphatic rings. The maximum Gasteiger partial charge on any atom is 0.176 e. The molecule has 0 aliphatic carbocycles. The number of carbonyl (C=O) groups excluding carboxylic acids is 1. The van der Waals surface area contributed by atoms with Crippen LogP contribution in [0.5, 0.6) is 0 Å². The fraction of sp³-hybridized carbons (Fsp3) is 0.300. The Balaban J connectivity index is 3.06. The Morgan fingerprint density at radius 3 is 2.71 bits per heavy atom. The summed E-state index contributed by atoms with van der Waals surface area (Å²) in [6.45, 7) is 1.81. The maximum absolute atomic E-state index is 11.6. The second-order valence-corrected chi connectivity index (χ2v) is 5.26. The van der Waals surface area contributed by atoms with Gasteiger partial charge in [-0.3, -0.25) is 4.79 Å². The highest BCUT2D eigenvalue weighted by molar-refractivity contribution is 9.10. The first-order chi connectivity index (χ1) is 6.56. The van der Waals surface area contributed by atoms with Gasteiger partial charge in [-0.2, -0.15) is 0 Å². The van der Waals surface area contributed by atoms with Crippen molar-refractivity contribution in [2.45, 2.75) is 17.1 Å². The SMILES string of the molecule is CC(Br)C(=O)c1ccc(Cl)c(CBr)c1. The van der Waals surface area contributed by atoms with Crippen LogP contribution >= 0.6 is 43.5 Å². The monoisotopic (exact) mass is 338 g/mol. The lowest BCUT2D eigenvalue weighted by Gasteiger charge is -2.05. The van der Waals surface area contributed by atoms with E-state index < -0.39 is 0 Å². The van der Waals surface area contributed by atoms with Crippen LogP contribution in [0, 0.1) is 0 Å². The van der Waals surface area contributed by atoms with E-state index in [0.717, 1.165) is 5.56 Å². The molecule has 0 N–H and O–H groups in total. The summed E-state index contributed by atoms with van der Waals surface area (Å²) in [4.78, 5) is 11.5. The van der Waals surface area contributed by atoms with Gasteiger partial charge in [-0.1, -0.05) is 43.5 Å². The van der Waals surface area contributed by atoms with Gasteiger partial charge in [0.25, 0.3) is 0 Å². The van der Waals surface area contributed by atoms with Gasteiger partial charge >= 0.3 is 0 Å². The molecule has 0 radical (unpaired) electrons. The lowest BCUT2D eigenvalue weighted by Crippen LogP contribution is -2.10. The fourth-order valence-corrected chi connectivity index (χ4v) is 2.13. The van der Waals surface area contributed by atoms with Crippen molar-refractivity contribution in [3.63, 3.8) is 0 Å². The molecular weight excluding hydrogens is 331 g/mol. The van der Waals surface area contributed by atoms with E-state index in [2.05, 4.69) is 31.9 Å². The van der Waals surface area contributed by atoms with E-state index in [0.29, 0.717) is 15.9 Å². The number of Topliss-reactive ketones (excluding diaryl/α,β-unsaturated/α-hetero) is 1. The van der Waals surface area contributed by atoms with Gasteiger partial charge in [0.15, 0.2) is 5.78 Å². The van der Waals surface area contributed by atoms with E-state index in [1.54, 1.807) is 12.1 Å². The van der Waals surface area contributed by atoms with Gasteiger partial charge in [-0.25, -0.2) is 0 Å². The number of halogens is 3. The van der Waals surface area contributed by atoms with Crippen molar-refractivity contribution in [1.82, 2.24) is 0 Å². The van der Waals surface area contributed by atoms with Crippen LogP contribution in [0.1, 0.15) is 22.8 Å². The van der Waals surface area contributed by atoms with Crippen molar-refractivity contribution in [2.75, 3.05) is 0 Å². The van der Waals surface area contributed by atoms with Crippen molar-refractivity contribution in [2.24, 2.45) is 0 Å². The molecular formula is C10H9Br2ClO. The molecule has 1 rings (SSSR count). The summed E-state index contributed by atoms with van der Waals surface area (Å²) in [5.74, 6) is 0.0730. The number of benzene rings is 1. The molecule has 76 valence electrons. The third kappa shape index (κ3) is 2.81. The summed E-state index contributed by atoms with van der Waals surface area (Å²) in [5, 5.41) is 1.34. The first kappa shape index (κ1) is 12.2. The Morgan fingerprint density at radius 1 is 1.57 bits per heavy atom. The average molecular weight is 340 g/mol. The average Bonchev–Trinajstić information content (AvgIpc) is 2.17. The van der Waals surface area contributed by atoms with E-state index in [1.807, 2.05) is 13.0 Å². The zero-order valence-corrected chi connectivity index (χ0v) is 11.5. The first-order valence-corrected chi connectivity index (χ1v) is 6.50. The summed E-state index contributed by atoms with van der Waals surface area (Å²) in [6.07, 6.45) is 0. The topological polar surface area (TPSA) is 17.1 Å². The van der Waals surface area contributed by atoms with Crippen molar-refractivity contribution >= 4 is 49.2 Å². The summed E-state index contributed by atoms with van der Waals surface area (Å²) in [6, 6.07) is 5.31. The number of ketones is 1. The van der Waals surface area contributed by atoms with E-state index >= 15 is 0 Å². The number of hydrogen-bond acceptors (Lipinski definition) is 1. The number of alkyl halides is 2. The molecule has 4 heteroatoms. The highest BCUT2D eigenvalue weighted by atomic mass is 79.9. The predicted molar refractivity (Wildman–Crippen MR) is 66.8 cm³/mol. The van der Waals surface area contributed by atoms with Crippen LogP contribution in [0.3, 0.4) is 0 Å². The van der Waals surface area contributed by atoms with E-state index in [-0.39, 0.29) is 10.6 Å². The molecule has 0 aromatic heterocycles. The Kier molecular flexibility index (Phi) is 4.61. The summed E-state index contributed by atoms with van der Waals surface area (Å²) in [5.41, 5.74) is 1.62. The number of rotatable bonds is 3. The largest absolute Gasteiger partial charge is 0.293 e. The smallest absolute Gasteiger partial charge is 0.176 e. The van der Waals surface area contributed by atoms with Gasteiger partial charge in [0.2, 0.25) is 0 Å². The molecule has 0 fully saturated rings. The molecule has 0 saturated carbocycles. The summed E-state index contributed by atoms with van der Waals surface area (Å²) >= 11 is 12.5. The minimum Gasteiger partial charge on any atom is -0.293 e. The second kappa shape index (κ2) is 5.29. The molecule has 1 aromatic rings. The fourth-order valence-electron chi connectivity index (χ4n) is 1.06. The molecule has 0 heterocycles. The van der Waals surface area contributed by atoms with Crippen LogP contribution in [0.2, 0.25) is 5.02 Å². The molecule has 1 unspecified atom stereocenters.